The van der Waals surface area contributed by atoms with E-state index in [0.29, 0.717) is 5.75 Å². The van der Waals surface area contributed by atoms with Crippen LogP contribution in [0, 0.1) is 0 Å². The highest BCUT2D eigenvalue weighted by molar-refractivity contribution is 5.54. The fourth-order valence-electron chi connectivity index (χ4n) is 1.26. The predicted octanol–water partition coefficient (Wildman–Crippen LogP) is 2.60. The minimum Gasteiger partial charge on any atom is -0.504 e. The highest BCUT2D eigenvalue weighted by atomic mass is 16.5. The van der Waals surface area contributed by atoms with Gasteiger partial charge in [0.05, 0.1) is 0 Å². The van der Waals surface area contributed by atoms with E-state index in [9.17, 15) is 10.2 Å². The fourth-order valence-corrected chi connectivity index (χ4v) is 1.26. The lowest BCUT2D eigenvalue weighted by molar-refractivity contribution is 0.362. The maximum atomic E-state index is 9.27. The third kappa shape index (κ3) is 2.00. The van der Waals surface area contributed by atoms with E-state index in [1.807, 2.05) is 6.07 Å². The smallest absolute Gasteiger partial charge is 0.200 e. The third-order valence-electron chi connectivity index (χ3n) is 2.02. The number of phenolic OH excluding ortho intramolecular Hbond substituents is 3. The van der Waals surface area contributed by atoms with Gasteiger partial charge in [-0.05, 0) is 12.1 Å². The van der Waals surface area contributed by atoms with E-state index >= 15 is 0 Å². The molecule has 0 atom stereocenters. The first-order valence-electron chi connectivity index (χ1n) is 4.64. The van der Waals surface area contributed by atoms with Crippen molar-refractivity contribution >= 4 is 0 Å². The Morgan fingerprint density at radius 3 is 1.88 bits per heavy atom. The molecule has 0 aromatic heterocycles. The quantitative estimate of drug-likeness (QED) is 0.677. The Labute approximate surface area is 92.0 Å². The molecule has 0 spiro atoms. The molecule has 2 rings (SSSR count). The van der Waals surface area contributed by atoms with Gasteiger partial charge in [0.1, 0.15) is 11.5 Å². The van der Waals surface area contributed by atoms with Gasteiger partial charge >= 0.3 is 0 Å². The molecule has 0 saturated heterocycles. The number of hydrogen-bond acceptors (Lipinski definition) is 4. The molecule has 4 nitrogen and oxygen atoms in total. The number of benzene rings is 2. The lowest BCUT2D eigenvalue weighted by atomic mass is 10.2. The molecule has 4 heteroatoms. The minimum atomic E-state index is -0.555. The first kappa shape index (κ1) is 10.2. The second-order valence-corrected chi connectivity index (χ2v) is 3.23. The summed E-state index contributed by atoms with van der Waals surface area (Å²) in [5.74, 6) is -0.580. The average molecular weight is 218 g/mol. The second kappa shape index (κ2) is 4.02. The summed E-state index contributed by atoms with van der Waals surface area (Å²) in [6, 6.07) is 11.4. The Morgan fingerprint density at radius 2 is 1.31 bits per heavy atom. The van der Waals surface area contributed by atoms with E-state index in [2.05, 4.69) is 0 Å². The summed E-state index contributed by atoms with van der Waals surface area (Å²) in [7, 11) is 0. The number of phenols is 3. The van der Waals surface area contributed by atoms with Crippen LogP contribution in [0.2, 0.25) is 0 Å². The Bertz CT molecular complexity index is 471. The normalized spacial score (nSPS) is 10.0. The van der Waals surface area contributed by atoms with Gasteiger partial charge in [0.2, 0.25) is 5.75 Å². The van der Waals surface area contributed by atoms with Crippen molar-refractivity contribution in [3.63, 3.8) is 0 Å². The van der Waals surface area contributed by atoms with Crippen molar-refractivity contribution in [1.82, 2.24) is 0 Å². The predicted molar refractivity (Wildman–Crippen MR) is 58.0 cm³/mol. The molecule has 16 heavy (non-hydrogen) atoms. The topological polar surface area (TPSA) is 69.9 Å². The van der Waals surface area contributed by atoms with E-state index in [1.54, 1.807) is 24.3 Å². The van der Waals surface area contributed by atoms with Crippen molar-refractivity contribution < 1.29 is 20.1 Å². The largest absolute Gasteiger partial charge is 0.504 e. The van der Waals surface area contributed by atoms with Gasteiger partial charge in [-0.15, -0.1) is 0 Å². The molecule has 0 heterocycles. The van der Waals surface area contributed by atoms with Crippen LogP contribution < -0.4 is 4.74 Å². The van der Waals surface area contributed by atoms with Crippen molar-refractivity contribution in [2.45, 2.75) is 0 Å². The molecule has 0 unspecified atom stereocenters. The molecule has 82 valence electrons. The summed E-state index contributed by atoms with van der Waals surface area (Å²) in [5.41, 5.74) is 0. The van der Waals surface area contributed by atoms with Gasteiger partial charge in [0, 0.05) is 12.1 Å². The zero-order chi connectivity index (χ0) is 11.5. The summed E-state index contributed by atoms with van der Waals surface area (Å²) in [6.07, 6.45) is 0. The molecule has 0 fully saturated rings. The Morgan fingerprint density at radius 1 is 0.750 bits per heavy atom. The van der Waals surface area contributed by atoms with Gasteiger partial charge in [0.25, 0.3) is 0 Å². The molecule has 2 aromatic rings. The molecule has 3 N–H and O–H groups in total. The van der Waals surface area contributed by atoms with Crippen LogP contribution in [0.3, 0.4) is 0 Å². The maximum Gasteiger partial charge on any atom is 0.200 e. The van der Waals surface area contributed by atoms with Crippen molar-refractivity contribution in [2.75, 3.05) is 0 Å². The molecule has 0 aliphatic heterocycles. The number of aromatic hydroxyl groups is 3. The molecule has 2 aromatic carbocycles. The molecule has 0 bridgehead atoms. The van der Waals surface area contributed by atoms with Gasteiger partial charge in [0.15, 0.2) is 11.5 Å². The zero-order valence-electron chi connectivity index (χ0n) is 8.29. The second-order valence-electron chi connectivity index (χ2n) is 3.23. The molecular weight excluding hydrogens is 208 g/mol. The first-order chi connectivity index (χ1) is 7.66. The number of hydrogen-bond donors (Lipinski definition) is 3. The number of para-hydroxylation sites is 1. The van der Waals surface area contributed by atoms with Crippen LogP contribution in [0.1, 0.15) is 0 Å². The molecule has 0 saturated carbocycles. The van der Waals surface area contributed by atoms with Crippen LogP contribution in [0.25, 0.3) is 0 Å². The molecule has 0 aliphatic rings. The fraction of sp³-hybridized carbons (Fsp3) is 0. The molecule has 0 amide bonds. The number of ether oxygens (including phenoxy) is 1. The average Bonchev–Trinajstić information content (AvgIpc) is 2.27. The number of rotatable bonds is 2. The van der Waals surface area contributed by atoms with Crippen molar-refractivity contribution in [3.05, 3.63) is 42.5 Å². The van der Waals surface area contributed by atoms with Gasteiger partial charge in [-0.25, -0.2) is 0 Å². The van der Waals surface area contributed by atoms with Crippen LogP contribution in [0.5, 0.6) is 28.7 Å². The van der Waals surface area contributed by atoms with Crippen molar-refractivity contribution in [1.29, 1.82) is 0 Å². The van der Waals surface area contributed by atoms with Crippen LogP contribution in [-0.2, 0) is 0 Å². The molecule has 0 aliphatic carbocycles. The highest BCUT2D eigenvalue weighted by Gasteiger charge is 2.09. The Hall–Kier alpha value is -2.36. The van der Waals surface area contributed by atoms with Crippen molar-refractivity contribution in [3.8, 4) is 28.7 Å². The lowest BCUT2D eigenvalue weighted by Crippen LogP contribution is -1.83. The summed E-state index contributed by atoms with van der Waals surface area (Å²) in [6.45, 7) is 0. The van der Waals surface area contributed by atoms with Gasteiger partial charge in [-0.3, -0.25) is 0 Å². The maximum absolute atomic E-state index is 9.27. The molecular formula is C12H10O4. The summed E-state index contributed by atoms with van der Waals surface area (Å²) in [4.78, 5) is 0. The van der Waals surface area contributed by atoms with E-state index in [4.69, 9.17) is 9.84 Å². The molecule has 0 radical (unpaired) electrons. The third-order valence-corrected chi connectivity index (χ3v) is 2.02. The summed E-state index contributed by atoms with van der Waals surface area (Å²) in [5, 5.41) is 27.7. The zero-order valence-corrected chi connectivity index (χ0v) is 8.29. The van der Waals surface area contributed by atoms with Gasteiger partial charge < -0.3 is 20.1 Å². The Kier molecular flexibility index (Phi) is 2.55. The first-order valence-corrected chi connectivity index (χ1v) is 4.64. The van der Waals surface area contributed by atoms with Crippen LogP contribution in [-0.4, -0.2) is 15.3 Å². The highest BCUT2D eigenvalue weighted by Crippen LogP contribution is 2.39. The van der Waals surface area contributed by atoms with Crippen molar-refractivity contribution in [2.24, 2.45) is 0 Å². The van der Waals surface area contributed by atoms with E-state index in [-0.39, 0.29) is 5.75 Å². The summed E-state index contributed by atoms with van der Waals surface area (Å²) < 4.78 is 5.36. The monoisotopic (exact) mass is 218 g/mol. The van der Waals surface area contributed by atoms with E-state index < -0.39 is 17.2 Å². The van der Waals surface area contributed by atoms with Crippen LogP contribution >= 0.6 is 0 Å². The Balaban J connectivity index is 2.29. The standard InChI is InChI=1S/C12H10O4/c13-10-6-9(7-11(14)12(10)15)16-8-4-2-1-3-5-8/h1-7,13-15H. The van der Waals surface area contributed by atoms with E-state index in [1.165, 1.54) is 12.1 Å². The lowest BCUT2D eigenvalue weighted by Gasteiger charge is -2.07. The van der Waals surface area contributed by atoms with Gasteiger partial charge in [-0.1, -0.05) is 18.2 Å². The minimum absolute atomic E-state index is 0.249. The van der Waals surface area contributed by atoms with Crippen LogP contribution in [0.4, 0.5) is 0 Å². The van der Waals surface area contributed by atoms with Crippen LogP contribution in [0.15, 0.2) is 42.5 Å². The van der Waals surface area contributed by atoms with Gasteiger partial charge in [-0.2, -0.15) is 0 Å². The van der Waals surface area contributed by atoms with E-state index in [0.717, 1.165) is 0 Å². The summed E-state index contributed by atoms with van der Waals surface area (Å²) >= 11 is 0. The SMILES string of the molecule is Oc1cc(Oc2ccccc2)cc(O)c1O.